The van der Waals surface area contributed by atoms with Crippen LogP contribution < -0.4 is 0 Å². The van der Waals surface area contributed by atoms with Crippen molar-refractivity contribution in [1.29, 1.82) is 0 Å². The predicted octanol–water partition coefficient (Wildman–Crippen LogP) is 2.87. The summed E-state index contributed by atoms with van der Waals surface area (Å²) in [6, 6.07) is 13.3. The van der Waals surface area contributed by atoms with Gasteiger partial charge in [-0.25, -0.2) is 4.79 Å². The monoisotopic (exact) mass is 270 g/mol. The molecular weight excluding hydrogens is 256 g/mol. The SMILES string of the molecule is COC(=O)C/C(=C/c1cccc2ccccc12)C(=O)O. The van der Waals surface area contributed by atoms with Gasteiger partial charge in [0.15, 0.2) is 0 Å². The molecule has 4 heteroatoms. The van der Waals surface area contributed by atoms with E-state index in [-0.39, 0.29) is 12.0 Å². The van der Waals surface area contributed by atoms with Crippen molar-refractivity contribution in [3.8, 4) is 0 Å². The number of ether oxygens (including phenoxy) is 1. The minimum Gasteiger partial charge on any atom is -0.478 e. The second-order valence-corrected chi connectivity index (χ2v) is 4.30. The van der Waals surface area contributed by atoms with Gasteiger partial charge in [-0.15, -0.1) is 0 Å². The number of hydrogen-bond donors (Lipinski definition) is 1. The summed E-state index contributed by atoms with van der Waals surface area (Å²) >= 11 is 0. The third-order valence-corrected chi connectivity index (χ3v) is 2.99. The summed E-state index contributed by atoms with van der Waals surface area (Å²) in [5.74, 6) is -1.69. The Labute approximate surface area is 116 Å². The van der Waals surface area contributed by atoms with Crippen LogP contribution in [0.1, 0.15) is 12.0 Å². The van der Waals surface area contributed by atoms with Gasteiger partial charge >= 0.3 is 11.9 Å². The van der Waals surface area contributed by atoms with Gasteiger partial charge in [-0.3, -0.25) is 4.79 Å². The second kappa shape index (κ2) is 6.02. The fourth-order valence-corrected chi connectivity index (χ4v) is 1.98. The summed E-state index contributed by atoms with van der Waals surface area (Å²) in [6.45, 7) is 0. The zero-order valence-corrected chi connectivity index (χ0v) is 11.0. The zero-order valence-electron chi connectivity index (χ0n) is 11.0. The minimum atomic E-state index is -1.12. The number of aliphatic carboxylic acids is 1. The maximum Gasteiger partial charge on any atom is 0.332 e. The Morgan fingerprint density at radius 3 is 2.55 bits per heavy atom. The first kappa shape index (κ1) is 13.8. The lowest BCUT2D eigenvalue weighted by molar-refractivity contribution is -0.142. The lowest BCUT2D eigenvalue weighted by atomic mass is 10.0. The van der Waals surface area contributed by atoms with Crippen molar-refractivity contribution in [3.63, 3.8) is 0 Å². The largest absolute Gasteiger partial charge is 0.478 e. The molecule has 2 rings (SSSR count). The molecule has 0 spiro atoms. The number of carbonyl (C=O) groups excluding carboxylic acids is 1. The number of carboxylic acids is 1. The van der Waals surface area contributed by atoms with E-state index in [1.165, 1.54) is 13.2 Å². The van der Waals surface area contributed by atoms with Gasteiger partial charge in [0.25, 0.3) is 0 Å². The fourth-order valence-electron chi connectivity index (χ4n) is 1.98. The molecule has 2 aromatic carbocycles. The van der Waals surface area contributed by atoms with Crippen molar-refractivity contribution < 1.29 is 19.4 Å². The fraction of sp³-hybridized carbons (Fsp3) is 0.125. The van der Waals surface area contributed by atoms with Crippen molar-refractivity contribution in [2.45, 2.75) is 6.42 Å². The standard InChI is InChI=1S/C16H14O4/c1-20-15(17)10-13(16(18)19)9-12-7-4-6-11-5-2-3-8-14(11)12/h2-9H,10H2,1H3,(H,18,19)/b13-9-. The average molecular weight is 270 g/mol. The highest BCUT2D eigenvalue weighted by molar-refractivity contribution is 6.00. The Hall–Kier alpha value is -2.62. The van der Waals surface area contributed by atoms with Gasteiger partial charge in [-0.2, -0.15) is 0 Å². The number of carboxylic acid groups (broad SMARTS) is 1. The predicted molar refractivity (Wildman–Crippen MR) is 76.2 cm³/mol. The maximum atomic E-state index is 11.3. The Kier molecular flexibility index (Phi) is 4.15. The summed E-state index contributed by atoms with van der Waals surface area (Å²) in [5, 5.41) is 11.1. The zero-order chi connectivity index (χ0) is 14.5. The van der Waals surface area contributed by atoms with Crippen LogP contribution in [0.5, 0.6) is 0 Å². The van der Waals surface area contributed by atoms with Crippen molar-refractivity contribution in [1.82, 2.24) is 0 Å². The van der Waals surface area contributed by atoms with Crippen molar-refractivity contribution in [2.75, 3.05) is 7.11 Å². The van der Waals surface area contributed by atoms with Crippen LogP contribution >= 0.6 is 0 Å². The highest BCUT2D eigenvalue weighted by Crippen LogP contribution is 2.21. The maximum absolute atomic E-state index is 11.3. The van der Waals surface area contributed by atoms with Gasteiger partial charge in [0, 0.05) is 5.57 Å². The van der Waals surface area contributed by atoms with Crippen LogP contribution in [0, 0.1) is 0 Å². The van der Waals surface area contributed by atoms with Crippen molar-refractivity contribution >= 4 is 28.8 Å². The van der Waals surface area contributed by atoms with E-state index in [1.807, 2.05) is 42.5 Å². The first-order chi connectivity index (χ1) is 9.61. The lowest BCUT2D eigenvalue weighted by Crippen LogP contribution is -2.08. The van der Waals surface area contributed by atoms with Gasteiger partial charge in [-0.05, 0) is 22.4 Å². The smallest absolute Gasteiger partial charge is 0.332 e. The Bertz CT molecular complexity index is 680. The van der Waals surface area contributed by atoms with Gasteiger partial charge < -0.3 is 9.84 Å². The summed E-state index contributed by atoms with van der Waals surface area (Å²) < 4.78 is 4.51. The van der Waals surface area contributed by atoms with Crippen molar-refractivity contribution in [2.24, 2.45) is 0 Å². The number of rotatable bonds is 4. The van der Waals surface area contributed by atoms with Crippen LogP contribution in [0.4, 0.5) is 0 Å². The topological polar surface area (TPSA) is 63.6 Å². The van der Waals surface area contributed by atoms with E-state index >= 15 is 0 Å². The summed E-state index contributed by atoms with van der Waals surface area (Å²) in [6.07, 6.45) is 1.26. The highest BCUT2D eigenvalue weighted by atomic mass is 16.5. The molecule has 0 aliphatic rings. The molecule has 0 saturated carbocycles. The summed E-state index contributed by atoms with van der Waals surface area (Å²) in [4.78, 5) is 22.5. The molecule has 0 bridgehead atoms. The van der Waals surface area contributed by atoms with E-state index in [4.69, 9.17) is 0 Å². The molecule has 0 amide bonds. The molecule has 0 heterocycles. The molecule has 20 heavy (non-hydrogen) atoms. The van der Waals surface area contributed by atoms with E-state index in [1.54, 1.807) is 0 Å². The molecule has 0 unspecified atom stereocenters. The molecule has 102 valence electrons. The molecule has 0 saturated heterocycles. The number of hydrogen-bond acceptors (Lipinski definition) is 3. The van der Waals surface area contributed by atoms with Gasteiger partial charge in [0.05, 0.1) is 13.5 Å². The average Bonchev–Trinajstić information content (AvgIpc) is 2.46. The summed E-state index contributed by atoms with van der Waals surface area (Å²) in [5.41, 5.74) is 0.776. The van der Waals surface area contributed by atoms with E-state index in [2.05, 4.69) is 4.74 Å². The number of benzene rings is 2. The molecule has 0 fully saturated rings. The van der Waals surface area contributed by atoms with Crippen LogP contribution in [0.25, 0.3) is 16.8 Å². The van der Waals surface area contributed by atoms with Crippen LogP contribution in [0.3, 0.4) is 0 Å². The molecule has 1 N–H and O–H groups in total. The van der Waals surface area contributed by atoms with E-state index in [0.717, 1.165) is 16.3 Å². The minimum absolute atomic E-state index is 0.00760. The van der Waals surface area contributed by atoms with E-state index < -0.39 is 11.9 Å². The van der Waals surface area contributed by atoms with Crippen LogP contribution in [-0.2, 0) is 14.3 Å². The molecule has 0 aliphatic carbocycles. The third kappa shape index (κ3) is 3.03. The van der Waals surface area contributed by atoms with Gasteiger partial charge in [0.2, 0.25) is 0 Å². The first-order valence-corrected chi connectivity index (χ1v) is 6.10. The lowest BCUT2D eigenvalue weighted by Gasteiger charge is -2.05. The molecule has 0 aromatic heterocycles. The van der Waals surface area contributed by atoms with Gasteiger partial charge in [-0.1, -0.05) is 42.5 Å². The van der Waals surface area contributed by atoms with Crippen LogP contribution in [0.15, 0.2) is 48.0 Å². The number of methoxy groups -OCH3 is 1. The van der Waals surface area contributed by atoms with Crippen LogP contribution in [-0.4, -0.2) is 24.2 Å². The number of carbonyl (C=O) groups is 2. The van der Waals surface area contributed by atoms with E-state index in [0.29, 0.717) is 0 Å². The van der Waals surface area contributed by atoms with Gasteiger partial charge in [0.1, 0.15) is 0 Å². The quantitative estimate of drug-likeness (QED) is 0.685. The molecule has 0 aliphatic heterocycles. The molecule has 2 aromatic rings. The third-order valence-electron chi connectivity index (χ3n) is 2.99. The second-order valence-electron chi connectivity index (χ2n) is 4.30. The molecular formula is C16H14O4. The summed E-state index contributed by atoms with van der Waals surface area (Å²) in [7, 11) is 1.24. The Morgan fingerprint density at radius 1 is 1.15 bits per heavy atom. The number of esters is 1. The van der Waals surface area contributed by atoms with Crippen LogP contribution in [0.2, 0.25) is 0 Å². The van der Waals surface area contributed by atoms with Crippen molar-refractivity contribution in [3.05, 3.63) is 53.6 Å². The molecule has 4 nitrogen and oxygen atoms in total. The number of fused-ring (bicyclic) bond motifs is 1. The highest BCUT2D eigenvalue weighted by Gasteiger charge is 2.13. The Balaban J connectivity index is 2.48. The molecule has 0 atom stereocenters. The Morgan fingerprint density at radius 2 is 1.85 bits per heavy atom. The molecule has 0 radical (unpaired) electrons. The first-order valence-electron chi connectivity index (χ1n) is 6.10. The van der Waals surface area contributed by atoms with E-state index in [9.17, 15) is 14.7 Å². The normalized spacial score (nSPS) is 11.3.